The summed E-state index contributed by atoms with van der Waals surface area (Å²) in [7, 11) is 3.15. The molecule has 0 fully saturated rings. The van der Waals surface area contributed by atoms with Crippen LogP contribution in [0.3, 0.4) is 0 Å². The van der Waals surface area contributed by atoms with Crippen LogP contribution in [0.2, 0.25) is 0 Å². The average molecular weight is 505 g/mol. The van der Waals surface area contributed by atoms with Crippen LogP contribution >= 0.6 is 0 Å². The molecule has 2 aromatic rings. The van der Waals surface area contributed by atoms with E-state index in [4.69, 9.17) is 18.9 Å². The second-order valence-corrected chi connectivity index (χ2v) is 8.61. The highest BCUT2D eigenvalue weighted by molar-refractivity contribution is 5.77. The summed E-state index contributed by atoms with van der Waals surface area (Å²) in [6.45, 7) is 0.725. The Morgan fingerprint density at radius 3 is 1.64 bits per heavy atom. The van der Waals surface area contributed by atoms with Crippen molar-refractivity contribution < 1.29 is 37.3 Å². The van der Waals surface area contributed by atoms with E-state index in [9.17, 15) is 18.4 Å². The number of carbonyl (C=O) groups is 2. The number of rotatable bonds is 9. The third kappa shape index (κ3) is 5.73. The van der Waals surface area contributed by atoms with Crippen LogP contribution in [0.1, 0.15) is 47.3 Å². The van der Waals surface area contributed by atoms with Crippen molar-refractivity contribution in [1.82, 2.24) is 10.6 Å². The van der Waals surface area contributed by atoms with E-state index in [1.54, 1.807) is 26.2 Å². The molecule has 0 amide bonds. The quantitative estimate of drug-likeness (QED) is 0.398. The molecular weight excluding hydrogens is 474 g/mol. The van der Waals surface area contributed by atoms with Gasteiger partial charge in [-0.1, -0.05) is 24.3 Å². The number of carbonyl (C=O) groups excluding carboxylic acids is 2. The molecule has 0 saturated heterocycles. The lowest BCUT2D eigenvalue weighted by atomic mass is 9.96. The van der Waals surface area contributed by atoms with E-state index < -0.39 is 48.2 Å². The smallest absolute Gasteiger partial charge is 0.308 e. The molecular formula is C26H30F2N2O6. The summed E-state index contributed by atoms with van der Waals surface area (Å²) >= 11 is 0. The van der Waals surface area contributed by atoms with Gasteiger partial charge in [0.25, 0.3) is 0 Å². The molecule has 0 aromatic heterocycles. The van der Waals surface area contributed by atoms with Crippen molar-refractivity contribution in [2.75, 3.05) is 27.3 Å². The zero-order valence-electron chi connectivity index (χ0n) is 20.2. The van der Waals surface area contributed by atoms with Gasteiger partial charge in [-0.05, 0) is 50.2 Å². The molecule has 2 heterocycles. The first kappa shape index (κ1) is 26.2. The molecule has 0 radical (unpaired) electrons. The second kappa shape index (κ2) is 11.9. The Hall–Kier alpha value is -2.92. The summed E-state index contributed by atoms with van der Waals surface area (Å²) in [5, 5.41) is 5.69. The first-order chi connectivity index (χ1) is 17.4. The maximum Gasteiger partial charge on any atom is 0.308 e. The summed E-state index contributed by atoms with van der Waals surface area (Å²) in [6, 6.07) is 9.57. The summed E-state index contributed by atoms with van der Waals surface area (Å²) in [5.74, 6) is -2.22. The summed E-state index contributed by atoms with van der Waals surface area (Å²) < 4.78 is 51.3. The Labute approximate surface area is 208 Å². The maximum absolute atomic E-state index is 14.5. The first-order valence-corrected chi connectivity index (χ1v) is 11.9. The molecule has 4 rings (SSSR count). The highest BCUT2D eigenvalue weighted by atomic mass is 19.1. The van der Waals surface area contributed by atoms with Crippen molar-refractivity contribution in [2.45, 2.75) is 50.3 Å². The van der Waals surface area contributed by atoms with Crippen molar-refractivity contribution in [3.05, 3.63) is 70.3 Å². The van der Waals surface area contributed by atoms with Gasteiger partial charge in [0.2, 0.25) is 0 Å². The lowest BCUT2D eigenvalue weighted by molar-refractivity contribution is -0.168. The monoisotopic (exact) mass is 504 g/mol. The molecule has 0 spiro atoms. The van der Waals surface area contributed by atoms with E-state index in [-0.39, 0.29) is 12.8 Å². The number of hydrogen-bond donors (Lipinski definition) is 2. The first-order valence-electron chi connectivity index (χ1n) is 11.9. The molecule has 2 unspecified atom stereocenters. The van der Waals surface area contributed by atoms with Crippen LogP contribution < -0.4 is 10.6 Å². The lowest BCUT2D eigenvalue weighted by Gasteiger charge is -2.32. The standard InChI is InChI=1S/C26H30F2N2O6/c1-29-25(23-21-15(11-13-33-23)5-3-7-17(21)27)35-19(31)9-10-20(32)36-26(30-2)24-22-16(12-14-34-24)6-4-8-18(22)28/h3-8,23-26,29-30H,9-14H2,1-2H3/t23?,24?,25-,26-/m1/s1. The number of halogens is 2. The molecule has 8 nitrogen and oxygen atoms in total. The number of hydrogen-bond acceptors (Lipinski definition) is 8. The van der Waals surface area contributed by atoms with Crippen LogP contribution in [-0.4, -0.2) is 51.7 Å². The summed E-state index contributed by atoms with van der Waals surface area (Å²) in [5.41, 5.74) is 2.30. The zero-order chi connectivity index (χ0) is 25.7. The largest absolute Gasteiger partial charge is 0.443 e. The van der Waals surface area contributed by atoms with E-state index in [0.29, 0.717) is 37.2 Å². The number of ether oxygens (including phenoxy) is 4. The molecule has 2 aromatic carbocycles. The van der Waals surface area contributed by atoms with Gasteiger partial charge >= 0.3 is 11.9 Å². The van der Waals surface area contributed by atoms with Crippen LogP contribution in [-0.2, 0) is 41.4 Å². The number of fused-ring (bicyclic) bond motifs is 2. The fourth-order valence-corrected chi connectivity index (χ4v) is 4.62. The fourth-order valence-electron chi connectivity index (χ4n) is 4.62. The van der Waals surface area contributed by atoms with Gasteiger partial charge in [0.15, 0.2) is 12.5 Å². The minimum absolute atomic E-state index is 0.263. The highest BCUT2D eigenvalue weighted by Crippen LogP contribution is 2.34. The average Bonchev–Trinajstić information content (AvgIpc) is 2.89. The van der Waals surface area contributed by atoms with Crippen LogP contribution in [0.5, 0.6) is 0 Å². The zero-order valence-corrected chi connectivity index (χ0v) is 20.2. The van der Waals surface area contributed by atoms with Crippen LogP contribution in [0, 0.1) is 11.6 Å². The Kier molecular flexibility index (Phi) is 8.63. The fraction of sp³-hybridized carbons (Fsp3) is 0.462. The molecule has 2 aliphatic heterocycles. The molecule has 2 N–H and O–H groups in total. The number of esters is 2. The Morgan fingerprint density at radius 1 is 0.833 bits per heavy atom. The van der Waals surface area contributed by atoms with Gasteiger partial charge in [0.1, 0.15) is 23.8 Å². The molecule has 194 valence electrons. The molecule has 2 aliphatic rings. The lowest BCUT2D eigenvalue weighted by Crippen LogP contribution is -2.41. The van der Waals surface area contributed by atoms with E-state index in [0.717, 1.165) is 11.1 Å². The Bertz CT molecular complexity index is 1010. The minimum Gasteiger partial charge on any atom is -0.443 e. The third-order valence-corrected chi connectivity index (χ3v) is 6.36. The van der Waals surface area contributed by atoms with Crippen LogP contribution in [0.15, 0.2) is 36.4 Å². The number of benzene rings is 2. The van der Waals surface area contributed by atoms with Crippen molar-refractivity contribution >= 4 is 11.9 Å². The van der Waals surface area contributed by atoms with Gasteiger partial charge < -0.3 is 18.9 Å². The van der Waals surface area contributed by atoms with E-state index >= 15 is 0 Å². The maximum atomic E-state index is 14.5. The van der Waals surface area contributed by atoms with Gasteiger partial charge in [-0.25, -0.2) is 8.78 Å². The Morgan fingerprint density at radius 2 is 1.25 bits per heavy atom. The van der Waals surface area contributed by atoms with Crippen LogP contribution in [0.4, 0.5) is 8.78 Å². The second-order valence-electron chi connectivity index (χ2n) is 8.61. The van der Waals surface area contributed by atoms with Gasteiger partial charge in [-0.15, -0.1) is 0 Å². The van der Waals surface area contributed by atoms with E-state index in [1.807, 2.05) is 12.1 Å². The number of nitrogens with one attached hydrogen (secondary N) is 2. The SMILES string of the molecule is CN[C@H](OC(=O)CCC(=O)O[C@@H](NC)C1OCCc2cccc(F)c21)C1OCCc2cccc(F)c21. The molecule has 36 heavy (non-hydrogen) atoms. The summed E-state index contributed by atoms with van der Waals surface area (Å²) in [6.07, 6.45) is -2.92. The number of likely N-dealkylation sites (N-methyl/N-ethyl adjacent to an activating group) is 2. The molecule has 4 atom stereocenters. The third-order valence-electron chi connectivity index (χ3n) is 6.36. The molecule has 10 heteroatoms. The predicted octanol–water partition coefficient (Wildman–Crippen LogP) is 2.85. The predicted molar refractivity (Wildman–Crippen MR) is 125 cm³/mol. The van der Waals surface area contributed by atoms with Gasteiger partial charge in [-0.3, -0.25) is 20.2 Å². The summed E-state index contributed by atoms with van der Waals surface area (Å²) in [4.78, 5) is 25.0. The topological polar surface area (TPSA) is 95.1 Å². The normalized spacial score (nSPS) is 20.6. The molecule has 0 bridgehead atoms. The van der Waals surface area contributed by atoms with Crippen molar-refractivity contribution in [3.63, 3.8) is 0 Å². The van der Waals surface area contributed by atoms with E-state index in [2.05, 4.69) is 10.6 Å². The molecule has 0 saturated carbocycles. The van der Waals surface area contributed by atoms with Gasteiger partial charge in [0, 0.05) is 11.1 Å². The highest BCUT2D eigenvalue weighted by Gasteiger charge is 2.35. The Balaban J connectivity index is 1.34. The van der Waals surface area contributed by atoms with Crippen LogP contribution in [0.25, 0.3) is 0 Å². The van der Waals surface area contributed by atoms with Crippen molar-refractivity contribution in [1.29, 1.82) is 0 Å². The van der Waals surface area contributed by atoms with Gasteiger partial charge in [0.05, 0.1) is 26.1 Å². The van der Waals surface area contributed by atoms with E-state index in [1.165, 1.54) is 12.1 Å². The minimum atomic E-state index is -0.940. The van der Waals surface area contributed by atoms with Crippen molar-refractivity contribution in [3.8, 4) is 0 Å². The van der Waals surface area contributed by atoms with Gasteiger partial charge in [-0.2, -0.15) is 0 Å². The molecule has 0 aliphatic carbocycles. The van der Waals surface area contributed by atoms with Crippen molar-refractivity contribution in [2.24, 2.45) is 0 Å².